The van der Waals surface area contributed by atoms with Crippen LogP contribution in [0.5, 0.6) is 0 Å². The molecule has 6 nitrogen and oxygen atoms in total. The third-order valence-corrected chi connectivity index (χ3v) is 3.45. The zero-order chi connectivity index (χ0) is 14.5. The number of carbonyl (C=O) groups excluding carboxylic acids is 1. The molecule has 1 aliphatic carbocycles. The second-order valence-corrected chi connectivity index (χ2v) is 5.03. The van der Waals surface area contributed by atoms with Crippen molar-refractivity contribution in [3.63, 3.8) is 0 Å². The van der Waals surface area contributed by atoms with Crippen LogP contribution in [0.1, 0.15) is 28.8 Å². The molecule has 0 heterocycles. The number of amides is 1. The number of nitrogens with zero attached hydrogens (tertiary/aromatic N) is 2. The van der Waals surface area contributed by atoms with Gasteiger partial charge in [0.25, 0.3) is 5.91 Å². The Kier molecular flexibility index (Phi) is 4.57. The van der Waals surface area contributed by atoms with E-state index in [0.717, 1.165) is 6.54 Å². The first-order valence-corrected chi connectivity index (χ1v) is 6.68. The minimum absolute atomic E-state index is 0.00637. The van der Waals surface area contributed by atoms with Gasteiger partial charge in [-0.15, -0.1) is 0 Å². The van der Waals surface area contributed by atoms with Crippen LogP contribution in [-0.2, 0) is 0 Å². The molecule has 6 heteroatoms. The van der Waals surface area contributed by atoms with E-state index < -0.39 is 0 Å². The fraction of sp³-hybridized carbons (Fsp3) is 0.429. The molecule has 1 aromatic carbocycles. The van der Waals surface area contributed by atoms with Gasteiger partial charge in [-0.2, -0.15) is 0 Å². The number of hydrogen-bond donors (Lipinski definition) is 3. The minimum atomic E-state index is -0.151. The Morgan fingerprint density at radius 1 is 1.50 bits per heavy atom. The molecule has 0 bridgehead atoms. The highest BCUT2D eigenvalue weighted by Gasteiger charge is 2.25. The van der Waals surface area contributed by atoms with Crippen LogP contribution in [0.4, 0.5) is 0 Å². The largest absolute Gasteiger partial charge is 0.409 e. The van der Waals surface area contributed by atoms with Crippen LogP contribution in [0.3, 0.4) is 0 Å². The summed E-state index contributed by atoms with van der Waals surface area (Å²) >= 11 is 0. The summed E-state index contributed by atoms with van der Waals surface area (Å²) in [6, 6.07) is 7.39. The van der Waals surface area contributed by atoms with Crippen LogP contribution in [0.2, 0.25) is 0 Å². The van der Waals surface area contributed by atoms with E-state index in [4.69, 9.17) is 10.9 Å². The highest BCUT2D eigenvalue weighted by atomic mass is 16.4. The monoisotopic (exact) mass is 276 g/mol. The molecule has 0 atom stereocenters. The van der Waals surface area contributed by atoms with E-state index in [1.165, 1.54) is 12.8 Å². The highest BCUT2D eigenvalue weighted by molar-refractivity contribution is 6.01. The molecule has 0 aliphatic heterocycles. The molecule has 0 radical (unpaired) electrons. The van der Waals surface area contributed by atoms with Crippen LogP contribution in [0, 0.1) is 0 Å². The summed E-state index contributed by atoms with van der Waals surface area (Å²) in [7, 11) is 2.07. The van der Waals surface area contributed by atoms with Gasteiger partial charge in [0.2, 0.25) is 0 Å². The number of rotatable bonds is 6. The molecule has 1 fully saturated rings. The van der Waals surface area contributed by atoms with Gasteiger partial charge in [-0.25, -0.2) is 0 Å². The van der Waals surface area contributed by atoms with Crippen LogP contribution in [0.15, 0.2) is 29.4 Å². The van der Waals surface area contributed by atoms with Gasteiger partial charge < -0.3 is 21.2 Å². The fourth-order valence-electron chi connectivity index (χ4n) is 2.02. The lowest BCUT2D eigenvalue weighted by Gasteiger charge is -2.15. The number of oxime groups is 1. The van der Waals surface area contributed by atoms with Crippen molar-refractivity contribution in [3.8, 4) is 0 Å². The number of carbonyl (C=O) groups is 1. The van der Waals surface area contributed by atoms with Crippen molar-refractivity contribution in [2.45, 2.75) is 18.9 Å². The van der Waals surface area contributed by atoms with Crippen LogP contribution >= 0.6 is 0 Å². The zero-order valence-electron chi connectivity index (χ0n) is 11.5. The smallest absolute Gasteiger partial charge is 0.251 e. The summed E-state index contributed by atoms with van der Waals surface area (Å²) in [6.07, 6.45) is 2.51. The van der Waals surface area contributed by atoms with Gasteiger partial charge in [0, 0.05) is 30.3 Å². The summed E-state index contributed by atoms with van der Waals surface area (Å²) in [4.78, 5) is 14.3. The number of amidine groups is 1. The first-order chi connectivity index (χ1) is 9.61. The Labute approximate surface area is 118 Å². The van der Waals surface area contributed by atoms with E-state index in [1.54, 1.807) is 24.3 Å². The summed E-state index contributed by atoms with van der Waals surface area (Å²) < 4.78 is 0. The van der Waals surface area contributed by atoms with E-state index in [1.807, 2.05) is 0 Å². The first kappa shape index (κ1) is 14.3. The van der Waals surface area contributed by atoms with Crippen molar-refractivity contribution in [1.29, 1.82) is 0 Å². The third kappa shape index (κ3) is 3.71. The second-order valence-electron chi connectivity index (χ2n) is 5.03. The molecule has 1 saturated carbocycles. The minimum Gasteiger partial charge on any atom is -0.409 e. The van der Waals surface area contributed by atoms with Gasteiger partial charge in [0.1, 0.15) is 0 Å². The lowest BCUT2D eigenvalue weighted by atomic mass is 10.1. The van der Waals surface area contributed by atoms with Crippen LogP contribution in [-0.4, -0.2) is 48.0 Å². The maximum Gasteiger partial charge on any atom is 0.251 e. The maximum absolute atomic E-state index is 12.0. The van der Waals surface area contributed by atoms with Crippen molar-refractivity contribution in [1.82, 2.24) is 10.2 Å². The molecule has 20 heavy (non-hydrogen) atoms. The standard InChI is InChI=1S/C14H20N4O2/c1-18(12-5-6-12)8-7-16-14(19)11-4-2-3-10(9-11)13(15)17-20/h2-4,9,12,20H,5-8H2,1H3,(H2,15,17)(H,16,19). The van der Waals surface area contributed by atoms with E-state index in [0.29, 0.717) is 23.7 Å². The van der Waals surface area contributed by atoms with Gasteiger partial charge in [0.15, 0.2) is 5.84 Å². The summed E-state index contributed by atoms with van der Waals surface area (Å²) in [6.45, 7) is 1.45. The van der Waals surface area contributed by atoms with Gasteiger partial charge >= 0.3 is 0 Å². The lowest BCUT2D eigenvalue weighted by Crippen LogP contribution is -2.34. The van der Waals surface area contributed by atoms with Crippen LogP contribution in [0.25, 0.3) is 0 Å². The predicted molar refractivity (Wildman–Crippen MR) is 76.9 cm³/mol. The normalized spacial score (nSPS) is 15.4. The quantitative estimate of drug-likeness (QED) is 0.307. The molecule has 1 amide bonds. The average Bonchev–Trinajstić information content (AvgIpc) is 3.31. The van der Waals surface area contributed by atoms with Gasteiger partial charge in [-0.1, -0.05) is 17.3 Å². The van der Waals surface area contributed by atoms with Crippen LogP contribution < -0.4 is 11.1 Å². The van der Waals surface area contributed by atoms with Crippen molar-refractivity contribution in [2.24, 2.45) is 10.9 Å². The SMILES string of the molecule is CN(CCNC(=O)c1cccc(C(N)=NO)c1)C1CC1. The Morgan fingerprint density at radius 2 is 2.20 bits per heavy atom. The van der Waals surface area contributed by atoms with E-state index in [2.05, 4.69) is 22.4 Å². The number of hydrogen-bond acceptors (Lipinski definition) is 4. The molecule has 1 aromatic rings. The van der Waals surface area contributed by atoms with E-state index in [-0.39, 0.29) is 11.7 Å². The zero-order valence-corrected chi connectivity index (χ0v) is 11.5. The molecule has 1 aliphatic rings. The molecular formula is C14H20N4O2. The first-order valence-electron chi connectivity index (χ1n) is 6.68. The highest BCUT2D eigenvalue weighted by Crippen LogP contribution is 2.24. The molecule has 108 valence electrons. The van der Waals surface area contributed by atoms with E-state index >= 15 is 0 Å². The average molecular weight is 276 g/mol. The van der Waals surface area contributed by atoms with Crippen molar-refractivity contribution in [3.05, 3.63) is 35.4 Å². The Hall–Kier alpha value is -2.08. The van der Waals surface area contributed by atoms with Gasteiger partial charge in [-0.3, -0.25) is 4.79 Å². The summed E-state index contributed by atoms with van der Waals surface area (Å²) in [5.41, 5.74) is 6.53. The summed E-state index contributed by atoms with van der Waals surface area (Å²) in [5, 5.41) is 14.4. The van der Waals surface area contributed by atoms with Crippen molar-refractivity contribution >= 4 is 11.7 Å². The lowest BCUT2D eigenvalue weighted by molar-refractivity contribution is 0.0949. The Bertz CT molecular complexity index is 512. The topological polar surface area (TPSA) is 91.0 Å². The number of nitrogens with two attached hydrogens (primary N) is 1. The molecule has 0 saturated heterocycles. The molecule has 0 aromatic heterocycles. The maximum atomic E-state index is 12.0. The summed E-state index contributed by atoms with van der Waals surface area (Å²) in [5.74, 6) is -0.157. The molecule has 0 unspecified atom stereocenters. The van der Waals surface area contributed by atoms with Crippen molar-refractivity contribution in [2.75, 3.05) is 20.1 Å². The number of nitrogens with one attached hydrogen (secondary N) is 1. The molecular weight excluding hydrogens is 256 g/mol. The Balaban J connectivity index is 1.88. The van der Waals surface area contributed by atoms with Gasteiger partial charge in [-0.05, 0) is 32.0 Å². The van der Waals surface area contributed by atoms with E-state index in [9.17, 15) is 4.79 Å². The molecule has 0 spiro atoms. The second kappa shape index (κ2) is 6.38. The van der Waals surface area contributed by atoms with Crippen molar-refractivity contribution < 1.29 is 10.0 Å². The predicted octanol–water partition coefficient (Wildman–Crippen LogP) is 0.605. The molecule has 2 rings (SSSR count). The third-order valence-electron chi connectivity index (χ3n) is 3.45. The molecule has 4 N–H and O–H groups in total. The number of likely N-dealkylation sites (N-methyl/N-ethyl adjacent to an activating group) is 1. The van der Waals surface area contributed by atoms with Gasteiger partial charge in [0.05, 0.1) is 0 Å². The fourth-order valence-corrected chi connectivity index (χ4v) is 2.02. The Morgan fingerprint density at radius 3 is 2.85 bits per heavy atom. The number of benzene rings is 1.